The zero-order chi connectivity index (χ0) is 13.9. The third kappa shape index (κ3) is 3.09. The lowest BCUT2D eigenvalue weighted by molar-refractivity contribution is 0.0576. The highest BCUT2D eigenvalue weighted by Crippen LogP contribution is 2.26. The number of nitrogens with zero attached hydrogens (tertiary/aromatic N) is 2. The minimum Gasteiger partial charge on any atom is -0.385 e. The van der Waals surface area contributed by atoms with Crippen LogP contribution in [0.1, 0.15) is 23.6 Å². The number of hydrogen-bond acceptors (Lipinski definition) is 4. The summed E-state index contributed by atoms with van der Waals surface area (Å²) in [6.07, 6.45) is 2.03. The highest BCUT2D eigenvalue weighted by Gasteiger charge is 2.24. The van der Waals surface area contributed by atoms with E-state index < -0.39 is 5.60 Å². The summed E-state index contributed by atoms with van der Waals surface area (Å²) >= 11 is 0. The summed E-state index contributed by atoms with van der Waals surface area (Å²) < 4.78 is 0. The molecule has 4 nitrogen and oxygen atoms in total. The van der Waals surface area contributed by atoms with E-state index >= 15 is 0 Å². The maximum absolute atomic E-state index is 10.6. The molecule has 0 amide bonds. The molecule has 3 N–H and O–H groups in total. The van der Waals surface area contributed by atoms with Gasteiger partial charge in [0.05, 0.1) is 17.2 Å². The van der Waals surface area contributed by atoms with Crippen LogP contribution in [0.25, 0.3) is 0 Å². The van der Waals surface area contributed by atoms with E-state index in [-0.39, 0.29) is 0 Å². The first-order chi connectivity index (χ1) is 9.01. The second-order valence-electron chi connectivity index (χ2n) is 4.73. The molecule has 96 valence electrons. The number of rotatable bonds is 3. The maximum atomic E-state index is 10.6. The van der Waals surface area contributed by atoms with Crippen LogP contribution in [0, 0.1) is 11.3 Å². The number of hydrogen-bond donors (Lipinski definition) is 2. The zero-order valence-corrected chi connectivity index (χ0v) is 10.7. The van der Waals surface area contributed by atoms with E-state index in [9.17, 15) is 5.11 Å². The maximum Gasteiger partial charge on any atom is 0.123 e. The van der Waals surface area contributed by atoms with E-state index in [1.807, 2.05) is 12.1 Å². The lowest BCUT2D eigenvalue weighted by Crippen LogP contribution is -2.24. The molecule has 0 aliphatic rings. The Morgan fingerprint density at radius 2 is 2.16 bits per heavy atom. The monoisotopic (exact) mass is 253 g/mol. The minimum absolute atomic E-state index is 0.411. The second-order valence-corrected chi connectivity index (χ2v) is 4.73. The van der Waals surface area contributed by atoms with E-state index in [2.05, 4.69) is 11.1 Å². The van der Waals surface area contributed by atoms with Crippen molar-refractivity contribution in [3.05, 3.63) is 59.3 Å². The number of nitriles is 1. The third-order valence-corrected chi connectivity index (χ3v) is 3.01. The fourth-order valence-corrected chi connectivity index (χ4v) is 2.03. The Bertz CT molecular complexity index is 629. The SMILES string of the molecule is CC(O)(Cc1ccnc(N)c1)c1cccc(C#N)c1. The van der Waals surface area contributed by atoms with Crippen molar-refractivity contribution in [2.75, 3.05) is 5.73 Å². The van der Waals surface area contributed by atoms with Crippen molar-refractivity contribution >= 4 is 5.82 Å². The van der Waals surface area contributed by atoms with Crippen LogP contribution in [-0.2, 0) is 12.0 Å². The third-order valence-electron chi connectivity index (χ3n) is 3.01. The number of benzene rings is 1. The summed E-state index contributed by atoms with van der Waals surface area (Å²) in [5, 5.41) is 19.5. The van der Waals surface area contributed by atoms with Crippen molar-refractivity contribution in [3.8, 4) is 6.07 Å². The van der Waals surface area contributed by atoms with Gasteiger partial charge in [-0.3, -0.25) is 0 Å². The van der Waals surface area contributed by atoms with Gasteiger partial charge in [0.25, 0.3) is 0 Å². The van der Waals surface area contributed by atoms with E-state index in [1.165, 1.54) is 0 Å². The van der Waals surface area contributed by atoms with E-state index in [1.54, 1.807) is 37.4 Å². The average molecular weight is 253 g/mol. The Kier molecular flexibility index (Phi) is 3.50. The Labute approximate surface area is 112 Å². The molecule has 0 fully saturated rings. The fourth-order valence-electron chi connectivity index (χ4n) is 2.03. The van der Waals surface area contributed by atoms with E-state index in [0.717, 1.165) is 5.56 Å². The largest absolute Gasteiger partial charge is 0.385 e. The number of nitrogens with two attached hydrogens (primary N) is 1. The van der Waals surface area contributed by atoms with Crippen molar-refractivity contribution < 1.29 is 5.11 Å². The lowest BCUT2D eigenvalue weighted by Gasteiger charge is -2.24. The smallest absolute Gasteiger partial charge is 0.123 e. The van der Waals surface area contributed by atoms with Gasteiger partial charge in [-0.15, -0.1) is 0 Å². The van der Waals surface area contributed by atoms with Gasteiger partial charge in [-0.25, -0.2) is 4.98 Å². The Hall–Kier alpha value is -2.38. The molecule has 0 saturated carbocycles. The van der Waals surface area contributed by atoms with Crippen LogP contribution in [0.15, 0.2) is 42.6 Å². The number of aromatic nitrogens is 1. The lowest BCUT2D eigenvalue weighted by atomic mass is 9.88. The summed E-state index contributed by atoms with van der Waals surface area (Å²) in [4.78, 5) is 3.92. The van der Waals surface area contributed by atoms with Gasteiger partial charge in [0, 0.05) is 12.6 Å². The van der Waals surface area contributed by atoms with Crippen LogP contribution in [0.5, 0.6) is 0 Å². The topological polar surface area (TPSA) is 82.9 Å². The molecule has 1 aromatic carbocycles. The van der Waals surface area contributed by atoms with Crippen molar-refractivity contribution in [2.24, 2.45) is 0 Å². The van der Waals surface area contributed by atoms with Crippen LogP contribution < -0.4 is 5.73 Å². The molecule has 0 saturated heterocycles. The Morgan fingerprint density at radius 3 is 2.84 bits per heavy atom. The van der Waals surface area contributed by atoms with Crippen molar-refractivity contribution in [1.29, 1.82) is 5.26 Å². The predicted octanol–water partition coefficient (Wildman–Crippen LogP) is 1.99. The number of anilines is 1. The summed E-state index contributed by atoms with van der Waals surface area (Å²) in [5.74, 6) is 0.430. The predicted molar refractivity (Wildman–Crippen MR) is 73.1 cm³/mol. The van der Waals surface area contributed by atoms with Gasteiger partial charge in [0.1, 0.15) is 5.82 Å². The first kappa shape index (κ1) is 13.1. The number of nitrogen functional groups attached to an aromatic ring is 1. The quantitative estimate of drug-likeness (QED) is 0.876. The van der Waals surface area contributed by atoms with Gasteiger partial charge in [-0.2, -0.15) is 5.26 Å². The zero-order valence-electron chi connectivity index (χ0n) is 10.7. The molecule has 1 unspecified atom stereocenters. The summed E-state index contributed by atoms with van der Waals surface area (Å²) in [7, 11) is 0. The molecule has 1 aromatic heterocycles. The molecule has 0 radical (unpaired) electrons. The molecule has 2 aromatic rings. The fraction of sp³-hybridized carbons (Fsp3) is 0.200. The van der Waals surface area contributed by atoms with Gasteiger partial charge < -0.3 is 10.8 Å². The molecule has 1 heterocycles. The van der Waals surface area contributed by atoms with E-state index in [4.69, 9.17) is 11.0 Å². The summed E-state index contributed by atoms with van der Waals surface area (Å²) in [6.45, 7) is 1.72. The Balaban J connectivity index is 2.29. The number of pyridine rings is 1. The molecular formula is C15H15N3O. The average Bonchev–Trinajstić information content (AvgIpc) is 2.38. The highest BCUT2D eigenvalue weighted by molar-refractivity contribution is 5.37. The molecule has 0 spiro atoms. The molecule has 2 rings (SSSR count). The van der Waals surface area contributed by atoms with Crippen molar-refractivity contribution in [1.82, 2.24) is 4.98 Å². The first-order valence-corrected chi connectivity index (χ1v) is 5.95. The minimum atomic E-state index is -1.05. The number of aliphatic hydroxyl groups is 1. The van der Waals surface area contributed by atoms with Gasteiger partial charge in [-0.1, -0.05) is 12.1 Å². The van der Waals surface area contributed by atoms with Gasteiger partial charge in [0.2, 0.25) is 0 Å². The van der Waals surface area contributed by atoms with E-state index in [0.29, 0.717) is 23.4 Å². The van der Waals surface area contributed by atoms with Crippen LogP contribution in [-0.4, -0.2) is 10.1 Å². The highest BCUT2D eigenvalue weighted by atomic mass is 16.3. The first-order valence-electron chi connectivity index (χ1n) is 5.95. The molecule has 0 bridgehead atoms. The molecular weight excluding hydrogens is 238 g/mol. The van der Waals surface area contributed by atoms with Crippen molar-refractivity contribution in [3.63, 3.8) is 0 Å². The summed E-state index contributed by atoms with van der Waals surface area (Å²) in [6, 6.07) is 12.6. The van der Waals surface area contributed by atoms with Gasteiger partial charge in [0.15, 0.2) is 0 Å². The van der Waals surface area contributed by atoms with Crippen LogP contribution >= 0.6 is 0 Å². The standard InChI is InChI=1S/C15H15N3O/c1-15(19,9-11-5-6-18-14(17)8-11)13-4-2-3-12(7-13)10-16/h2-8,19H,9H2,1H3,(H2,17,18). The normalized spacial score (nSPS) is 13.5. The van der Waals surface area contributed by atoms with Crippen LogP contribution in [0.2, 0.25) is 0 Å². The summed E-state index contributed by atoms with van der Waals surface area (Å²) in [5.41, 5.74) is 6.72. The van der Waals surface area contributed by atoms with Gasteiger partial charge >= 0.3 is 0 Å². The second kappa shape index (κ2) is 5.09. The molecule has 4 heteroatoms. The Morgan fingerprint density at radius 1 is 1.37 bits per heavy atom. The van der Waals surface area contributed by atoms with Crippen LogP contribution in [0.3, 0.4) is 0 Å². The molecule has 19 heavy (non-hydrogen) atoms. The molecule has 1 atom stereocenters. The van der Waals surface area contributed by atoms with Gasteiger partial charge in [-0.05, 0) is 42.3 Å². The van der Waals surface area contributed by atoms with Crippen molar-refractivity contribution in [2.45, 2.75) is 18.9 Å². The molecule has 0 aliphatic carbocycles. The molecule has 0 aliphatic heterocycles. The van der Waals surface area contributed by atoms with Crippen LogP contribution in [0.4, 0.5) is 5.82 Å².